The predicted molar refractivity (Wildman–Crippen MR) is 103 cm³/mol. The summed E-state index contributed by atoms with van der Waals surface area (Å²) in [6.45, 7) is 2.15. The first-order chi connectivity index (χ1) is 12.2. The van der Waals surface area contributed by atoms with Gasteiger partial charge in [-0.05, 0) is 42.3 Å². The van der Waals surface area contributed by atoms with Crippen LogP contribution in [0.25, 0.3) is 21.5 Å². The maximum atomic E-state index is 11.2. The van der Waals surface area contributed by atoms with Crippen molar-refractivity contribution in [2.45, 2.75) is 13.3 Å². The smallest absolute Gasteiger partial charge is 0.264 e. The highest BCUT2D eigenvalue weighted by atomic mass is 32.1. The van der Waals surface area contributed by atoms with Gasteiger partial charge in [-0.3, -0.25) is 4.79 Å². The summed E-state index contributed by atoms with van der Waals surface area (Å²) >= 11 is 1.64. The molecule has 6 heteroatoms. The Hall–Kier alpha value is -2.99. The quantitative estimate of drug-likeness (QED) is 0.575. The van der Waals surface area contributed by atoms with Crippen molar-refractivity contribution in [1.82, 2.24) is 15.2 Å². The van der Waals surface area contributed by atoms with Crippen LogP contribution in [-0.2, 0) is 6.42 Å². The molecule has 2 aromatic carbocycles. The summed E-state index contributed by atoms with van der Waals surface area (Å²) in [5.41, 5.74) is 4.69. The van der Waals surface area contributed by atoms with Crippen molar-refractivity contribution in [3.63, 3.8) is 0 Å². The number of nitrogens with one attached hydrogen (secondary N) is 2. The Morgan fingerprint density at radius 3 is 2.84 bits per heavy atom. The Morgan fingerprint density at radius 1 is 1.12 bits per heavy atom. The largest absolute Gasteiger partial charge is 0.332 e. The number of aryl methyl sites for hydroxylation is 1. The van der Waals surface area contributed by atoms with Crippen molar-refractivity contribution in [1.29, 1.82) is 0 Å². The molecule has 25 heavy (non-hydrogen) atoms. The van der Waals surface area contributed by atoms with Crippen LogP contribution in [0.2, 0.25) is 0 Å². The molecule has 2 heterocycles. The SMILES string of the molecule is CCc1ccc2nc(Nc3cccc(-c4ccc(=O)[nH]n4)c3)sc2c1. The van der Waals surface area contributed by atoms with Gasteiger partial charge in [-0.25, -0.2) is 10.1 Å². The second-order valence-corrected chi connectivity index (χ2v) is 6.72. The van der Waals surface area contributed by atoms with Crippen molar-refractivity contribution in [2.24, 2.45) is 0 Å². The minimum absolute atomic E-state index is 0.209. The number of benzene rings is 2. The van der Waals surface area contributed by atoms with Crippen molar-refractivity contribution >= 4 is 32.4 Å². The lowest BCUT2D eigenvalue weighted by atomic mass is 10.1. The van der Waals surface area contributed by atoms with Crippen LogP contribution in [0.4, 0.5) is 10.8 Å². The van der Waals surface area contributed by atoms with E-state index in [0.717, 1.165) is 34.0 Å². The van der Waals surface area contributed by atoms with E-state index in [1.165, 1.54) is 16.3 Å². The first-order valence-corrected chi connectivity index (χ1v) is 8.85. The minimum Gasteiger partial charge on any atom is -0.332 e. The second-order valence-electron chi connectivity index (χ2n) is 5.69. The first kappa shape index (κ1) is 15.5. The van der Waals surface area contributed by atoms with Gasteiger partial charge in [0.15, 0.2) is 5.13 Å². The van der Waals surface area contributed by atoms with E-state index in [9.17, 15) is 4.79 Å². The molecule has 4 rings (SSSR count). The highest BCUT2D eigenvalue weighted by Gasteiger charge is 2.06. The van der Waals surface area contributed by atoms with Crippen molar-refractivity contribution < 1.29 is 0 Å². The number of anilines is 2. The monoisotopic (exact) mass is 348 g/mol. The van der Waals surface area contributed by atoms with Crippen LogP contribution in [0.15, 0.2) is 59.4 Å². The molecule has 0 aliphatic carbocycles. The summed E-state index contributed by atoms with van der Waals surface area (Å²) in [5, 5.41) is 10.7. The minimum atomic E-state index is -0.209. The van der Waals surface area contributed by atoms with E-state index >= 15 is 0 Å². The summed E-state index contributed by atoms with van der Waals surface area (Å²) in [4.78, 5) is 15.8. The van der Waals surface area contributed by atoms with E-state index in [-0.39, 0.29) is 5.56 Å². The molecule has 0 aliphatic heterocycles. The van der Waals surface area contributed by atoms with Crippen LogP contribution in [0, 0.1) is 0 Å². The highest BCUT2D eigenvalue weighted by Crippen LogP contribution is 2.30. The van der Waals surface area contributed by atoms with E-state index in [0.29, 0.717) is 0 Å². The highest BCUT2D eigenvalue weighted by molar-refractivity contribution is 7.22. The molecule has 2 aromatic heterocycles. The molecule has 5 nitrogen and oxygen atoms in total. The van der Waals surface area contributed by atoms with E-state index in [4.69, 9.17) is 0 Å². The zero-order valence-corrected chi connectivity index (χ0v) is 14.4. The average molecular weight is 348 g/mol. The molecule has 0 aliphatic rings. The summed E-state index contributed by atoms with van der Waals surface area (Å²) in [6.07, 6.45) is 1.02. The Balaban J connectivity index is 1.63. The molecule has 2 N–H and O–H groups in total. The third kappa shape index (κ3) is 3.29. The molecule has 0 spiro atoms. The fraction of sp³-hybridized carbons (Fsp3) is 0.105. The normalized spacial score (nSPS) is 10.9. The van der Waals surface area contributed by atoms with Gasteiger partial charge >= 0.3 is 0 Å². The van der Waals surface area contributed by atoms with Gasteiger partial charge in [0.1, 0.15) is 0 Å². The van der Waals surface area contributed by atoms with Gasteiger partial charge in [0.2, 0.25) is 0 Å². The fourth-order valence-corrected chi connectivity index (χ4v) is 3.58. The Bertz CT molecular complexity index is 1080. The van der Waals surface area contributed by atoms with Crippen LogP contribution in [0.3, 0.4) is 0 Å². The number of nitrogens with zero attached hydrogens (tertiary/aromatic N) is 2. The van der Waals surface area contributed by atoms with Crippen molar-refractivity contribution in [3.05, 3.63) is 70.5 Å². The Kier molecular flexibility index (Phi) is 4.03. The number of rotatable bonds is 4. The number of aromatic amines is 1. The molecule has 0 saturated heterocycles. The molecule has 0 unspecified atom stereocenters. The summed E-state index contributed by atoms with van der Waals surface area (Å²) in [5.74, 6) is 0. The third-order valence-electron chi connectivity index (χ3n) is 3.95. The van der Waals surface area contributed by atoms with Gasteiger partial charge in [-0.15, -0.1) is 0 Å². The van der Waals surface area contributed by atoms with E-state index in [1.807, 2.05) is 24.3 Å². The van der Waals surface area contributed by atoms with Crippen LogP contribution >= 0.6 is 11.3 Å². The van der Waals surface area contributed by atoms with E-state index < -0.39 is 0 Å². The zero-order valence-electron chi connectivity index (χ0n) is 13.6. The topological polar surface area (TPSA) is 70.7 Å². The molecular formula is C19H16N4OS. The molecule has 0 radical (unpaired) electrons. The molecule has 0 fully saturated rings. The number of hydrogen-bond donors (Lipinski definition) is 2. The number of hydrogen-bond acceptors (Lipinski definition) is 5. The number of aromatic nitrogens is 3. The van der Waals surface area contributed by atoms with Gasteiger partial charge in [0.05, 0.1) is 15.9 Å². The van der Waals surface area contributed by atoms with Gasteiger partial charge in [0.25, 0.3) is 5.56 Å². The van der Waals surface area contributed by atoms with Crippen LogP contribution in [0.5, 0.6) is 0 Å². The lowest BCUT2D eigenvalue weighted by molar-refractivity contribution is 0.995. The molecule has 124 valence electrons. The molecule has 0 bridgehead atoms. The summed E-state index contributed by atoms with van der Waals surface area (Å²) < 4.78 is 1.18. The first-order valence-electron chi connectivity index (χ1n) is 8.04. The Morgan fingerprint density at radius 2 is 2.04 bits per heavy atom. The van der Waals surface area contributed by atoms with Gasteiger partial charge in [-0.1, -0.05) is 36.5 Å². The molecule has 4 aromatic rings. The summed E-state index contributed by atoms with van der Waals surface area (Å²) in [6, 6.07) is 17.4. The lowest BCUT2D eigenvalue weighted by Crippen LogP contribution is -2.05. The summed E-state index contributed by atoms with van der Waals surface area (Å²) in [7, 11) is 0. The fourth-order valence-electron chi connectivity index (χ4n) is 2.63. The third-order valence-corrected chi connectivity index (χ3v) is 4.88. The number of thiazole rings is 1. The average Bonchev–Trinajstić information content (AvgIpc) is 3.03. The molecule has 0 amide bonds. The maximum absolute atomic E-state index is 11.2. The Labute approximate surface area is 148 Å². The van der Waals surface area contributed by atoms with Gasteiger partial charge in [-0.2, -0.15) is 5.10 Å². The molecule has 0 saturated carbocycles. The molecular weight excluding hydrogens is 332 g/mol. The van der Waals surface area contributed by atoms with E-state index in [2.05, 4.69) is 45.6 Å². The van der Waals surface area contributed by atoms with Crippen molar-refractivity contribution in [3.8, 4) is 11.3 Å². The standard InChI is InChI=1S/C19H16N4OS/c1-2-12-6-7-16-17(10-12)25-19(21-16)20-14-5-3-4-13(11-14)15-8-9-18(24)23-22-15/h3-11H,2H2,1H3,(H,20,21)(H,23,24). The van der Waals surface area contributed by atoms with Crippen molar-refractivity contribution in [2.75, 3.05) is 5.32 Å². The zero-order chi connectivity index (χ0) is 17.2. The van der Waals surface area contributed by atoms with Gasteiger partial charge in [0, 0.05) is 17.3 Å². The van der Waals surface area contributed by atoms with Crippen LogP contribution < -0.4 is 10.9 Å². The number of H-pyrrole nitrogens is 1. The second kappa shape index (κ2) is 6.49. The number of fused-ring (bicyclic) bond motifs is 1. The molecule has 0 atom stereocenters. The maximum Gasteiger partial charge on any atom is 0.264 e. The van der Waals surface area contributed by atoms with Gasteiger partial charge < -0.3 is 5.32 Å². The predicted octanol–water partition coefficient (Wildman–Crippen LogP) is 4.35. The van der Waals surface area contributed by atoms with E-state index in [1.54, 1.807) is 17.4 Å². The van der Waals surface area contributed by atoms with Crippen LogP contribution in [-0.4, -0.2) is 15.2 Å². The van der Waals surface area contributed by atoms with Crippen LogP contribution in [0.1, 0.15) is 12.5 Å². The lowest BCUT2D eigenvalue weighted by Gasteiger charge is -2.05.